The van der Waals surface area contributed by atoms with E-state index in [1.54, 1.807) is 4.90 Å². The number of carbonyl (C=O) groups excluding carboxylic acids is 1. The molecule has 0 spiro atoms. The lowest BCUT2D eigenvalue weighted by molar-refractivity contribution is 0.0802. The number of aromatic amines is 1. The molecule has 0 aliphatic rings. The second-order valence-electron chi connectivity index (χ2n) is 11.9. The summed E-state index contributed by atoms with van der Waals surface area (Å²) < 4.78 is 8.44. The number of aromatic nitrogens is 4. The van der Waals surface area contributed by atoms with E-state index in [9.17, 15) is 4.79 Å². The number of hydrogen-bond acceptors (Lipinski definition) is 8. The van der Waals surface area contributed by atoms with Gasteiger partial charge in [0, 0.05) is 93.1 Å². The molecule has 0 saturated heterocycles. The van der Waals surface area contributed by atoms with Gasteiger partial charge in [-0.15, -0.1) is 0 Å². The van der Waals surface area contributed by atoms with Crippen molar-refractivity contribution in [3.63, 3.8) is 0 Å². The minimum absolute atomic E-state index is 0.0174. The van der Waals surface area contributed by atoms with E-state index >= 15 is 0 Å². The van der Waals surface area contributed by atoms with Crippen molar-refractivity contribution in [2.24, 2.45) is 11.5 Å². The number of nitrogens with two attached hydrogens (primary N) is 2. The lowest BCUT2D eigenvalue weighted by atomic mass is 10.0. The third kappa shape index (κ3) is 8.17. The van der Waals surface area contributed by atoms with Crippen molar-refractivity contribution < 1.29 is 9.53 Å². The normalized spacial score (nSPS) is 12.2. The fraction of sp³-hybridized carbons (Fsp3) is 0.441. The molecule has 4 rings (SSSR count). The maximum atomic E-state index is 12.9. The number of aryl methyl sites for hydroxylation is 2. The molecule has 1 unspecified atom stereocenters. The molecule has 11 nitrogen and oxygen atoms in total. The second kappa shape index (κ2) is 15.3. The summed E-state index contributed by atoms with van der Waals surface area (Å²) in [5, 5.41) is 12.6. The number of likely N-dealkylation sites (N-methyl/N-ethyl adjacent to an activating group) is 2. The van der Waals surface area contributed by atoms with Crippen LogP contribution in [0.2, 0.25) is 0 Å². The van der Waals surface area contributed by atoms with Gasteiger partial charge >= 0.3 is 0 Å². The van der Waals surface area contributed by atoms with Gasteiger partial charge in [0.15, 0.2) is 6.23 Å². The van der Waals surface area contributed by atoms with Gasteiger partial charge in [0.25, 0.3) is 5.91 Å². The van der Waals surface area contributed by atoms with E-state index in [0.717, 1.165) is 70.2 Å². The molecule has 4 aromatic rings. The molecule has 2 aromatic carbocycles. The maximum Gasteiger partial charge on any atom is 0.253 e. The number of hydrogen-bond donors (Lipinski definition) is 3. The van der Waals surface area contributed by atoms with Gasteiger partial charge < -0.3 is 30.9 Å². The summed E-state index contributed by atoms with van der Waals surface area (Å²) in [6.45, 7) is 12.9. The van der Waals surface area contributed by atoms with Crippen molar-refractivity contribution in [3.05, 3.63) is 76.6 Å². The van der Waals surface area contributed by atoms with E-state index in [0.29, 0.717) is 31.7 Å². The lowest BCUT2D eigenvalue weighted by Crippen LogP contribution is -2.26. The van der Waals surface area contributed by atoms with Crippen molar-refractivity contribution in [3.8, 4) is 28.3 Å². The van der Waals surface area contributed by atoms with E-state index in [1.165, 1.54) is 0 Å². The number of nitrogens with one attached hydrogen (secondary N) is 1. The Morgan fingerprint density at radius 3 is 2.22 bits per heavy atom. The summed E-state index contributed by atoms with van der Waals surface area (Å²) in [6.07, 6.45) is 3.60. The molecule has 45 heavy (non-hydrogen) atoms. The van der Waals surface area contributed by atoms with Gasteiger partial charge in [0.2, 0.25) is 0 Å². The molecule has 0 fully saturated rings. The SMILES string of the molecule is CCN(C)C(=O)c1cccc(-c2nn(C(C)Oc3c(C)cc(-c4n[nH]cc4CN(C)CCN)cc3C)cc2CN(C)CCN)c1. The molecule has 2 aromatic heterocycles. The van der Waals surface area contributed by atoms with Crippen LogP contribution in [0.5, 0.6) is 5.75 Å². The molecule has 242 valence electrons. The molecule has 1 amide bonds. The highest BCUT2D eigenvalue weighted by Gasteiger charge is 2.21. The quantitative estimate of drug-likeness (QED) is 0.183. The van der Waals surface area contributed by atoms with E-state index in [-0.39, 0.29) is 12.1 Å². The first-order valence-electron chi connectivity index (χ1n) is 15.6. The summed E-state index contributed by atoms with van der Waals surface area (Å²) in [6, 6.07) is 11.9. The first kappa shape index (κ1) is 33.9. The molecule has 0 saturated carbocycles. The number of nitrogens with zero attached hydrogens (tertiary/aromatic N) is 6. The summed E-state index contributed by atoms with van der Waals surface area (Å²) in [5.41, 5.74) is 20.1. The predicted molar refractivity (Wildman–Crippen MR) is 180 cm³/mol. The number of ether oxygens (including phenoxy) is 1. The number of amides is 1. The van der Waals surface area contributed by atoms with E-state index in [2.05, 4.69) is 53.0 Å². The van der Waals surface area contributed by atoms with Gasteiger partial charge in [0.05, 0.1) is 11.4 Å². The maximum absolute atomic E-state index is 12.9. The molecular weight excluding hydrogens is 566 g/mol. The Balaban J connectivity index is 1.63. The molecule has 0 aliphatic heterocycles. The average Bonchev–Trinajstić information content (AvgIpc) is 3.65. The first-order valence-corrected chi connectivity index (χ1v) is 15.6. The van der Waals surface area contributed by atoms with Crippen molar-refractivity contribution in [1.29, 1.82) is 0 Å². The van der Waals surface area contributed by atoms with Crippen LogP contribution >= 0.6 is 0 Å². The summed E-state index contributed by atoms with van der Waals surface area (Å²) in [5.74, 6) is 0.800. The number of rotatable bonds is 15. The minimum atomic E-state index is -0.387. The van der Waals surface area contributed by atoms with Crippen LogP contribution in [0.25, 0.3) is 22.5 Å². The van der Waals surface area contributed by atoms with E-state index < -0.39 is 0 Å². The molecule has 0 radical (unpaired) electrons. The predicted octanol–water partition coefficient (Wildman–Crippen LogP) is 4.03. The summed E-state index contributed by atoms with van der Waals surface area (Å²) >= 11 is 0. The first-order chi connectivity index (χ1) is 21.6. The number of benzene rings is 2. The minimum Gasteiger partial charge on any atom is -0.468 e. The van der Waals surface area contributed by atoms with Gasteiger partial charge in [-0.3, -0.25) is 9.89 Å². The molecular formula is C34H49N9O2. The summed E-state index contributed by atoms with van der Waals surface area (Å²) in [4.78, 5) is 19.0. The Labute approximate surface area is 267 Å². The monoisotopic (exact) mass is 615 g/mol. The highest BCUT2D eigenvalue weighted by atomic mass is 16.5. The molecule has 11 heteroatoms. The van der Waals surface area contributed by atoms with Crippen molar-refractivity contribution in [2.75, 3.05) is 53.9 Å². The number of H-pyrrole nitrogens is 1. The van der Waals surface area contributed by atoms with Gasteiger partial charge in [-0.25, -0.2) is 4.68 Å². The second-order valence-corrected chi connectivity index (χ2v) is 11.9. The number of carbonyl (C=O) groups is 1. The van der Waals surface area contributed by atoms with Crippen molar-refractivity contribution in [1.82, 2.24) is 34.7 Å². The molecule has 1 atom stereocenters. The third-order valence-electron chi connectivity index (χ3n) is 8.03. The molecule has 0 aliphatic carbocycles. The fourth-order valence-electron chi connectivity index (χ4n) is 5.50. The highest BCUT2D eigenvalue weighted by molar-refractivity contribution is 5.95. The fourth-order valence-corrected chi connectivity index (χ4v) is 5.50. The summed E-state index contributed by atoms with van der Waals surface area (Å²) in [7, 11) is 5.91. The van der Waals surface area contributed by atoms with Gasteiger partial charge in [-0.1, -0.05) is 12.1 Å². The van der Waals surface area contributed by atoms with Gasteiger partial charge in [0.1, 0.15) is 5.75 Å². The average molecular weight is 616 g/mol. The van der Waals surface area contributed by atoms with Crippen LogP contribution in [0.15, 0.2) is 48.8 Å². The zero-order chi connectivity index (χ0) is 32.7. The Kier molecular flexibility index (Phi) is 11.5. The molecule has 5 N–H and O–H groups in total. The highest BCUT2D eigenvalue weighted by Crippen LogP contribution is 2.34. The smallest absolute Gasteiger partial charge is 0.253 e. The van der Waals surface area contributed by atoms with Gasteiger partial charge in [-0.05, 0) is 77.2 Å². The van der Waals surface area contributed by atoms with Crippen LogP contribution in [0.1, 0.15) is 52.7 Å². The lowest BCUT2D eigenvalue weighted by Gasteiger charge is -2.20. The van der Waals surface area contributed by atoms with Crippen molar-refractivity contribution in [2.45, 2.75) is 47.0 Å². The third-order valence-corrected chi connectivity index (χ3v) is 8.03. The van der Waals surface area contributed by atoms with Crippen LogP contribution in [0.3, 0.4) is 0 Å². The van der Waals surface area contributed by atoms with Crippen LogP contribution in [-0.2, 0) is 13.1 Å². The Morgan fingerprint density at radius 2 is 1.60 bits per heavy atom. The van der Waals surface area contributed by atoms with Crippen LogP contribution in [0, 0.1) is 13.8 Å². The van der Waals surface area contributed by atoms with Gasteiger partial charge in [-0.2, -0.15) is 10.2 Å². The zero-order valence-corrected chi connectivity index (χ0v) is 27.8. The van der Waals surface area contributed by atoms with Crippen LogP contribution in [-0.4, -0.2) is 94.5 Å². The van der Waals surface area contributed by atoms with Crippen LogP contribution < -0.4 is 16.2 Å². The topological polar surface area (TPSA) is 135 Å². The largest absolute Gasteiger partial charge is 0.468 e. The van der Waals surface area contributed by atoms with E-state index in [1.807, 2.05) is 69.3 Å². The zero-order valence-electron chi connectivity index (χ0n) is 27.8. The van der Waals surface area contributed by atoms with Crippen molar-refractivity contribution >= 4 is 5.91 Å². The molecule has 2 heterocycles. The Bertz CT molecular complexity index is 1550. The van der Waals surface area contributed by atoms with E-state index in [4.69, 9.17) is 21.3 Å². The standard InChI is InChI=1S/C34H49N9O2/c1-8-42(7)34(44)27-11-9-10-26(18-27)32-30(21-41(6)15-13-36)22-43(39-32)25(4)45-33-23(2)16-28(17-24(33)3)31-29(19-37-38-31)20-40(5)14-12-35/h9-11,16-19,22,25H,8,12-15,20-21,35-36H2,1-7H3,(H,37,38). The van der Waals surface area contributed by atoms with Crippen LogP contribution in [0.4, 0.5) is 0 Å². The Hall–Kier alpha value is -4.03. The molecule has 0 bridgehead atoms. The Morgan fingerprint density at radius 1 is 0.956 bits per heavy atom.